The van der Waals surface area contributed by atoms with E-state index in [1.54, 1.807) is 49.5 Å². The number of carbonyl (C=O) groups excluding carboxylic acids is 1. The number of carbonyl (C=O) groups is 1. The Hall–Kier alpha value is -2.54. The zero-order valence-electron chi connectivity index (χ0n) is 15.2. The molecule has 27 heavy (non-hydrogen) atoms. The van der Waals surface area contributed by atoms with Gasteiger partial charge in [-0.2, -0.15) is 12.3 Å². The number of benzene rings is 2. The molecular weight excluding hydrogens is 360 g/mol. The van der Waals surface area contributed by atoms with Crippen LogP contribution in [-0.4, -0.2) is 33.0 Å². The van der Waals surface area contributed by atoms with Gasteiger partial charge in [-0.3, -0.25) is 4.79 Å². The van der Waals surface area contributed by atoms with Gasteiger partial charge in [-0.15, -0.1) is 0 Å². The number of nitrogens with two attached hydrogens (primary N) is 1. The highest BCUT2D eigenvalue weighted by molar-refractivity contribution is 7.91. The zero-order valence-corrected chi connectivity index (χ0v) is 16.0. The Labute approximate surface area is 160 Å². The predicted molar refractivity (Wildman–Crippen MR) is 109 cm³/mol. The first-order valence-electron chi connectivity index (χ1n) is 8.83. The van der Waals surface area contributed by atoms with Gasteiger partial charge in [-0.05, 0) is 25.1 Å². The van der Waals surface area contributed by atoms with E-state index in [0.29, 0.717) is 23.4 Å². The third kappa shape index (κ3) is 3.51. The van der Waals surface area contributed by atoms with Crippen LogP contribution in [0.2, 0.25) is 0 Å². The average molecular weight is 383 g/mol. The minimum Gasteiger partial charge on any atom is -0.326 e. The van der Waals surface area contributed by atoms with Gasteiger partial charge in [-0.25, -0.2) is 0 Å². The Morgan fingerprint density at radius 3 is 2.26 bits per heavy atom. The van der Waals surface area contributed by atoms with E-state index in [2.05, 4.69) is 0 Å². The average Bonchev–Trinajstić information content (AvgIpc) is 2.73. The lowest BCUT2D eigenvalue weighted by molar-refractivity contribution is 0.103. The maximum atomic E-state index is 13.0. The van der Waals surface area contributed by atoms with Crippen molar-refractivity contribution in [1.29, 1.82) is 0 Å². The smallest absolute Gasteiger partial charge is 0.306 e. The third-order valence-electron chi connectivity index (χ3n) is 4.78. The minimum absolute atomic E-state index is 0.000110. The maximum absolute atomic E-state index is 13.0. The first kappa shape index (κ1) is 19.2. The van der Waals surface area contributed by atoms with E-state index in [1.165, 1.54) is 0 Å². The van der Waals surface area contributed by atoms with Crippen molar-refractivity contribution in [2.24, 2.45) is 5.73 Å². The molecule has 2 aromatic carbocycles. The molecule has 0 amide bonds. The fourth-order valence-corrected chi connectivity index (χ4v) is 4.74. The molecule has 1 heterocycles. The molecule has 0 spiro atoms. The molecule has 0 saturated carbocycles. The molecule has 3 rings (SSSR count). The van der Waals surface area contributed by atoms with Gasteiger partial charge in [0.25, 0.3) is 0 Å². The molecule has 5 nitrogen and oxygen atoms in total. The number of nitrogens with zero attached hydrogens (tertiary/aromatic N) is 1. The summed E-state index contributed by atoms with van der Waals surface area (Å²) < 4.78 is 25.6. The van der Waals surface area contributed by atoms with Crippen LogP contribution in [0.1, 0.15) is 22.8 Å². The van der Waals surface area contributed by atoms with Crippen LogP contribution in [0.25, 0.3) is 0 Å². The van der Waals surface area contributed by atoms with Crippen molar-refractivity contribution in [2.75, 3.05) is 18.8 Å². The highest BCUT2D eigenvalue weighted by Crippen LogP contribution is 2.33. The SMILES string of the molecule is CCS(=O)(=O)[N+]1(c2ccc(C(=O)c3ccccc3)cc2)C=C(CN)C=CC1. The number of sulfonamides is 1. The summed E-state index contributed by atoms with van der Waals surface area (Å²) in [5.41, 5.74) is 8.23. The van der Waals surface area contributed by atoms with Gasteiger partial charge in [0.15, 0.2) is 11.5 Å². The van der Waals surface area contributed by atoms with E-state index in [1.807, 2.05) is 30.4 Å². The van der Waals surface area contributed by atoms with Crippen molar-refractivity contribution in [1.82, 2.24) is 3.89 Å². The van der Waals surface area contributed by atoms with E-state index >= 15 is 0 Å². The molecule has 0 radical (unpaired) electrons. The Morgan fingerprint density at radius 2 is 1.67 bits per heavy atom. The highest BCUT2D eigenvalue weighted by atomic mass is 32.2. The van der Waals surface area contributed by atoms with Crippen LogP contribution in [0.5, 0.6) is 0 Å². The van der Waals surface area contributed by atoms with Crippen LogP contribution >= 0.6 is 0 Å². The Kier molecular flexibility index (Phi) is 5.41. The summed E-state index contributed by atoms with van der Waals surface area (Å²) in [6, 6.07) is 15.8. The number of ketones is 1. The third-order valence-corrected chi connectivity index (χ3v) is 6.97. The normalized spacial score (nSPS) is 19.6. The van der Waals surface area contributed by atoms with E-state index < -0.39 is 10.0 Å². The monoisotopic (exact) mass is 383 g/mol. The first-order chi connectivity index (χ1) is 12.9. The van der Waals surface area contributed by atoms with Crippen LogP contribution in [0.4, 0.5) is 5.69 Å². The first-order valence-corrected chi connectivity index (χ1v) is 10.4. The summed E-state index contributed by atoms with van der Waals surface area (Å²) in [6.45, 7) is 2.20. The predicted octanol–water partition coefficient (Wildman–Crippen LogP) is 2.99. The van der Waals surface area contributed by atoms with Crippen molar-refractivity contribution in [3.63, 3.8) is 0 Å². The van der Waals surface area contributed by atoms with Crippen LogP contribution < -0.4 is 9.62 Å². The van der Waals surface area contributed by atoms with Crippen LogP contribution in [0.3, 0.4) is 0 Å². The largest absolute Gasteiger partial charge is 0.326 e. The molecule has 6 heteroatoms. The topological polar surface area (TPSA) is 77.2 Å². The van der Waals surface area contributed by atoms with Gasteiger partial charge in [0.2, 0.25) is 0 Å². The second-order valence-corrected chi connectivity index (χ2v) is 8.79. The standard InChI is InChI=1S/C21H23N2O3S/c1-2-27(25,26)23(14-6-7-17(15-22)16-23)20-12-10-19(11-13-20)21(24)18-8-4-3-5-9-18/h3-13,16H,2,14-15,22H2,1H3/q+1. The van der Waals surface area contributed by atoms with Gasteiger partial charge in [0.05, 0.1) is 5.75 Å². The lowest BCUT2D eigenvalue weighted by atomic mass is 10.0. The summed E-state index contributed by atoms with van der Waals surface area (Å²) in [7, 11) is -3.49. The Balaban J connectivity index is 2.04. The molecule has 0 saturated heterocycles. The van der Waals surface area contributed by atoms with Crippen LogP contribution in [0, 0.1) is 0 Å². The summed E-state index contributed by atoms with van der Waals surface area (Å²) in [4.78, 5) is 12.6. The molecule has 1 aliphatic heterocycles. The maximum Gasteiger partial charge on any atom is 0.306 e. The van der Waals surface area contributed by atoms with Gasteiger partial charge in [0, 0.05) is 35.4 Å². The number of hydrogen-bond acceptors (Lipinski definition) is 4. The number of quaternary nitrogens is 1. The zero-order chi connectivity index (χ0) is 19.5. The van der Waals surface area contributed by atoms with E-state index in [-0.39, 0.29) is 22.0 Å². The van der Waals surface area contributed by atoms with Crippen molar-refractivity contribution >= 4 is 21.5 Å². The van der Waals surface area contributed by atoms with Crippen molar-refractivity contribution in [3.05, 3.63) is 89.6 Å². The van der Waals surface area contributed by atoms with Crippen LogP contribution in [0.15, 0.2) is 78.5 Å². The molecule has 1 unspecified atom stereocenters. The molecule has 1 aliphatic rings. The van der Waals surface area contributed by atoms with E-state index in [0.717, 1.165) is 5.57 Å². The lowest BCUT2D eigenvalue weighted by Gasteiger charge is -2.34. The van der Waals surface area contributed by atoms with Crippen molar-refractivity contribution in [3.8, 4) is 0 Å². The Bertz CT molecular complexity index is 993. The van der Waals surface area contributed by atoms with Crippen molar-refractivity contribution < 1.29 is 13.2 Å². The van der Waals surface area contributed by atoms with E-state index in [4.69, 9.17) is 5.73 Å². The summed E-state index contributed by atoms with van der Waals surface area (Å²) in [5, 5.41) is 0. The second-order valence-electron chi connectivity index (χ2n) is 6.40. The number of rotatable bonds is 6. The van der Waals surface area contributed by atoms with E-state index in [9.17, 15) is 13.2 Å². The summed E-state index contributed by atoms with van der Waals surface area (Å²) in [6.07, 6.45) is 5.39. The molecule has 2 aromatic rings. The molecule has 0 bridgehead atoms. The molecule has 140 valence electrons. The molecule has 0 aromatic heterocycles. The fourth-order valence-electron chi connectivity index (χ4n) is 3.23. The minimum atomic E-state index is -3.49. The lowest BCUT2D eigenvalue weighted by Crippen LogP contribution is -2.51. The molecule has 1 atom stereocenters. The molecule has 0 aliphatic carbocycles. The molecular formula is C21H23N2O3S+. The van der Waals surface area contributed by atoms with Gasteiger partial charge < -0.3 is 5.73 Å². The van der Waals surface area contributed by atoms with Gasteiger partial charge in [-0.1, -0.05) is 36.4 Å². The number of hydrogen-bond donors (Lipinski definition) is 1. The van der Waals surface area contributed by atoms with Crippen molar-refractivity contribution in [2.45, 2.75) is 6.92 Å². The van der Waals surface area contributed by atoms with Gasteiger partial charge >= 0.3 is 10.0 Å². The van der Waals surface area contributed by atoms with Gasteiger partial charge in [0.1, 0.15) is 12.7 Å². The van der Waals surface area contributed by atoms with Crippen LogP contribution in [-0.2, 0) is 10.0 Å². The quantitative estimate of drug-likeness (QED) is 0.614. The highest BCUT2D eigenvalue weighted by Gasteiger charge is 2.42. The second kappa shape index (κ2) is 7.60. The summed E-state index contributed by atoms with van der Waals surface area (Å²) in [5.74, 6) is -0.0938. The summed E-state index contributed by atoms with van der Waals surface area (Å²) >= 11 is 0. The molecule has 0 fully saturated rings. The molecule has 2 N–H and O–H groups in total. The Morgan fingerprint density at radius 1 is 1.04 bits per heavy atom. The fraction of sp³-hybridized carbons (Fsp3) is 0.190.